The van der Waals surface area contributed by atoms with Crippen molar-refractivity contribution >= 4 is 5.69 Å². The van der Waals surface area contributed by atoms with Crippen molar-refractivity contribution < 1.29 is 0 Å². The molecule has 1 radical (unpaired) electrons. The van der Waals surface area contributed by atoms with Gasteiger partial charge in [0.2, 0.25) is 0 Å². The van der Waals surface area contributed by atoms with Crippen LogP contribution in [0.5, 0.6) is 0 Å². The van der Waals surface area contributed by atoms with E-state index in [4.69, 9.17) is 0 Å². The Balaban J connectivity index is 2.47. The zero-order valence-corrected chi connectivity index (χ0v) is 12.6. The topological polar surface area (TPSA) is 3.24 Å². The fourth-order valence-electron chi connectivity index (χ4n) is 2.65. The van der Waals surface area contributed by atoms with Crippen molar-refractivity contribution in [2.24, 2.45) is 0 Å². The first-order chi connectivity index (χ1) is 9.77. The number of nitrogens with zero attached hydrogens (tertiary/aromatic N) is 1. The summed E-state index contributed by atoms with van der Waals surface area (Å²) in [4.78, 5) is 2.49. The van der Waals surface area contributed by atoms with E-state index in [1.807, 2.05) is 6.07 Å². The van der Waals surface area contributed by atoms with Crippen LogP contribution in [0.4, 0.5) is 5.69 Å². The Labute approximate surface area is 123 Å². The zero-order valence-electron chi connectivity index (χ0n) is 12.6. The monoisotopic (exact) mass is 266 g/mol. The van der Waals surface area contributed by atoms with Crippen LogP contribution in [0.3, 0.4) is 0 Å². The Bertz CT molecular complexity index is 539. The SMILES string of the molecule is [CH2]c1ccccc1-c1ccccc1N(CCC)CCC. The number of rotatable bonds is 6. The van der Waals surface area contributed by atoms with E-state index in [1.165, 1.54) is 29.7 Å². The van der Waals surface area contributed by atoms with Crippen molar-refractivity contribution in [2.75, 3.05) is 18.0 Å². The average Bonchev–Trinajstić information content (AvgIpc) is 2.48. The fourth-order valence-corrected chi connectivity index (χ4v) is 2.65. The normalized spacial score (nSPS) is 10.6. The van der Waals surface area contributed by atoms with E-state index in [0.717, 1.165) is 18.7 Å². The second-order valence-corrected chi connectivity index (χ2v) is 5.16. The molecule has 0 N–H and O–H groups in total. The minimum Gasteiger partial charge on any atom is -0.371 e. The summed E-state index contributed by atoms with van der Waals surface area (Å²) in [6, 6.07) is 17.1. The van der Waals surface area contributed by atoms with Gasteiger partial charge in [0.15, 0.2) is 0 Å². The van der Waals surface area contributed by atoms with Crippen LogP contribution >= 0.6 is 0 Å². The maximum Gasteiger partial charge on any atom is 0.0445 e. The van der Waals surface area contributed by atoms with E-state index < -0.39 is 0 Å². The summed E-state index contributed by atoms with van der Waals surface area (Å²) in [5, 5.41) is 0. The number of hydrogen-bond acceptors (Lipinski definition) is 1. The van der Waals surface area contributed by atoms with E-state index in [1.54, 1.807) is 0 Å². The molecule has 0 saturated carbocycles. The minimum atomic E-state index is 1.09. The summed E-state index contributed by atoms with van der Waals surface area (Å²) in [6.45, 7) is 10.8. The number of para-hydroxylation sites is 1. The molecule has 1 nitrogen and oxygen atoms in total. The molecule has 0 amide bonds. The van der Waals surface area contributed by atoms with Crippen LogP contribution in [-0.4, -0.2) is 13.1 Å². The lowest BCUT2D eigenvalue weighted by Crippen LogP contribution is -2.25. The van der Waals surface area contributed by atoms with Gasteiger partial charge in [-0.3, -0.25) is 0 Å². The van der Waals surface area contributed by atoms with Gasteiger partial charge in [0.05, 0.1) is 0 Å². The molecule has 0 atom stereocenters. The third kappa shape index (κ3) is 3.22. The fraction of sp³-hybridized carbons (Fsp3) is 0.316. The Kier molecular flexibility index (Phi) is 5.23. The van der Waals surface area contributed by atoms with Crippen molar-refractivity contribution in [1.29, 1.82) is 0 Å². The molecule has 2 aromatic carbocycles. The smallest absolute Gasteiger partial charge is 0.0445 e. The predicted molar refractivity (Wildman–Crippen MR) is 89.1 cm³/mol. The first-order valence-electron chi connectivity index (χ1n) is 7.53. The van der Waals surface area contributed by atoms with Gasteiger partial charge in [0.1, 0.15) is 0 Å². The second kappa shape index (κ2) is 7.14. The van der Waals surface area contributed by atoms with Gasteiger partial charge in [0.25, 0.3) is 0 Å². The van der Waals surface area contributed by atoms with Crippen molar-refractivity contribution in [3.05, 3.63) is 61.0 Å². The van der Waals surface area contributed by atoms with E-state index in [0.29, 0.717) is 0 Å². The van der Waals surface area contributed by atoms with E-state index >= 15 is 0 Å². The second-order valence-electron chi connectivity index (χ2n) is 5.16. The first kappa shape index (κ1) is 14.6. The largest absolute Gasteiger partial charge is 0.371 e. The van der Waals surface area contributed by atoms with Crippen LogP contribution < -0.4 is 4.90 Å². The van der Waals surface area contributed by atoms with Gasteiger partial charge < -0.3 is 4.90 Å². The maximum absolute atomic E-state index is 4.17. The van der Waals surface area contributed by atoms with Crippen molar-refractivity contribution in [2.45, 2.75) is 26.7 Å². The van der Waals surface area contributed by atoms with E-state index in [2.05, 4.69) is 68.1 Å². The highest BCUT2D eigenvalue weighted by Crippen LogP contribution is 2.32. The van der Waals surface area contributed by atoms with Gasteiger partial charge in [0, 0.05) is 24.3 Å². The molecule has 0 aliphatic rings. The number of benzene rings is 2. The molecular weight excluding hydrogens is 242 g/mol. The van der Waals surface area contributed by atoms with E-state index in [9.17, 15) is 0 Å². The molecular formula is C19H24N. The zero-order chi connectivity index (χ0) is 14.4. The Morgan fingerprint density at radius 3 is 1.95 bits per heavy atom. The highest BCUT2D eigenvalue weighted by molar-refractivity contribution is 5.81. The molecule has 0 aliphatic carbocycles. The minimum absolute atomic E-state index is 1.09. The van der Waals surface area contributed by atoms with Gasteiger partial charge >= 0.3 is 0 Å². The maximum atomic E-state index is 4.17. The number of hydrogen-bond donors (Lipinski definition) is 0. The molecule has 0 unspecified atom stereocenters. The van der Waals surface area contributed by atoms with Crippen molar-refractivity contribution in [3.63, 3.8) is 0 Å². The third-order valence-corrected chi connectivity index (χ3v) is 3.54. The molecule has 0 saturated heterocycles. The van der Waals surface area contributed by atoms with Crippen molar-refractivity contribution in [3.8, 4) is 11.1 Å². The highest BCUT2D eigenvalue weighted by Gasteiger charge is 2.12. The Hall–Kier alpha value is -1.76. The van der Waals surface area contributed by atoms with Crippen LogP contribution in [0, 0.1) is 6.92 Å². The lowest BCUT2D eigenvalue weighted by Gasteiger charge is -2.27. The van der Waals surface area contributed by atoms with Crippen molar-refractivity contribution in [1.82, 2.24) is 0 Å². The van der Waals surface area contributed by atoms with Gasteiger partial charge in [-0.15, -0.1) is 0 Å². The molecule has 0 aromatic heterocycles. The summed E-state index contributed by atoms with van der Waals surface area (Å²) in [7, 11) is 0. The Morgan fingerprint density at radius 2 is 1.35 bits per heavy atom. The van der Waals surface area contributed by atoms with Gasteiger partial charge in [-0.1, -0.05) is 56.3 Å². The molecule has 2 aromatic rings. The lowest BCUT2D eigenvalue weighted by molar-refractivity contribution is 0.745. The van der Waals surface area contributed by atoms with Gasteiger partial charge in [-0.05, 0) is 37.0 Å². The third-order valence-electron chi connectivity index (χ3n) is 3.54. The molecule has 20 heavy (non-hydrogen) atoms. The van der Waals surface area contributed by atoms with Gasteiger partial charge in [-0.25, -0.2) is 0 Å². The number of anilines is 1. The van der Waals surface area contributed by atoms with Crippen LogP contribution in [0.15, 0.2) is 48.5 Å². The van der Waals surface area contributed by atoms with Crippen LogP contribution in [-0.2, 0) is 0 Å². The molecule has 0 heterocycles. The average molecular weight is 266 g/mol. The molecule has 0 aliphatic heterocycles. The predicted octanol–water partition coefficient (Wildman–Crippen LogP) is 5.16. The lowest BCUT2D eigenvalue weighted by atomic mass is 9.98. The summed E-state index contributed by atoms with van der Waals surface area (Å²) in [5.74, 6) is 0. The highest BCUT2D eigenvalue weighted by atomic mass is 15.1. The quantitative estimate of drug-likeness (QED) is 0.698. The Morgan fingerprint density at radius 1 is 0.800 bits per heavy atom. The van der Waals surface area contributed by atoms with Crippen LogP contribution in [0.25, 0.3) is 11.1 Å². The molecule has 2 rings (SSSR count). The summed E-state index contributed by atoms with van der Waals surface area (Å²) in [5.41, 5.74) is 4.94. The summed E-state index contributed by atoms with van der Waals surface area (Å²) < 4.78 is 0. The summed E-state index contributed by atoms with van der Waals surface area (Å²) in [6.07, 6.45) is 2.33. The van der Waals surface area contributed by atoms with E-state index in [-0.39, 0.29) is 0 Å². The standard InChI is InChI=1S/C19H24N/c1-4-14-20(15-5-2)19-13-9-8-12-18(19)17-11-7-6-10-16(17)3/h6-13H,3-5,14-15H2,1-2H3. The molecule has 105 valence electrons. The first-order valence-corrected chi connectivity index (χ1v) is 7.53. The van der Waals surface area contributed by atoms with Crippen LogP contribution in [0.2, 0.25) is 0 Å². The molecule has 0 bridgehead atoms. The van der Waals surface area contributed by atoms with Crippen LogP contribution in [0.1, 0.15) is 32.3 Å². The molecule has 1 heteroatoms. The van der Waals surface area contributed by atoms with Gasteiger partial charge in [-0.2, -0.15) is 0 Å². The summed E-state index contributed by atoms with van der Waals surface area (Å²) >= 11 is 0. The molecule has 0 fully saturated rings. The molecule has 0 spiro atoms.